The quantitative estimate of drug-likeness (QED) is 0.824. The lowest BCUT2D eigenvalue weighted by Gasteiger charge is -2.28. The topological polar surface area (TPSA) is 55.1 Å². The number of carbonyl (C=O) groups is 1. The minimum absolute atomic E-state index is 0.190. The predicted octanol–water partition coefficient (Wildman–Crippen LogP) is 1.40. The average Bonchev–Trinajstić information content (AvgIpc) is 2.35. The van der Waals surface area contributed by atoms with Gasteiger partial charge in [0.1, 0.15) is 0 Å². The molecule has 2 unspecified atom stereocenters. The van der Waals surface area contributed by atoms with E-state index in [9.17, 15) is 4.79 Å². The third-order valence-electron chi connectivity index (χ3n) is 3.54. The van der Waals surface area contributed by atoms with Crippen LogP contribution in [-0.2, 0) is 17.6 Å². The van der Waals surface area contributed by atoms with Gasteiger partial charge in [-0.15, -0.1) is 0 Å². The fourth-order valence-corrected chi connectivity index (χ4v) is 2.53. The summed E-state index contributed by atoms with van der Waals surface area (Å²) >= 11 is 0. The molecule has 0 bridgehead atoms. The second kappa shape index (κ2) is 5.32. The molecule has 0 aliphatic heterocycles. The van der Waals surface area contributed by atoms with Crippen molar-refractivity contribution in [2.24, 2.45) is 5.73 Å². The van der Waals surface area contributed by atoms with Crippen molar-refractivity contribution < 1.29 is 4.79 Å². The fourth-order valence-electron chi connectivity index (χ4n) is 2.53. The number of amides is 1. The van der Waals surface area contributed by atoms with Crippen LogP contribution in [0.3, 0.4) is 0 Å². The minimum Gasteiger partial charge on any atom is -0.368 e. The van der Waals surface area contributed by atoms with Crippen LogP contribution in [0.2, 0.25) is 0 Å². The van der Waals surface area contributed by atoms with Crippen LogP contribution in [0.1, 0.15) is 30.9 Å². The van der Waals surface area contributed by atoms with E-state index in [2.05, 4.69) is 29.6 Å². The van der Waals surface area contributed by atoms with E-state index in [4.69, 9.17) is 5.73 Å². The summed E-state index contributed by atoms with van der Waals surface area (Å²) in [5.41, 5.74) is 8.20. The second-order valence-corrected chi connectivity index (χ2v) is 4.74. The zero-order valence-electron chi connectivity index (χ0n) is 10.3. The van der Waals surface area contributed by atoms with E-state index in [1.165, 1.54) is 11.1 Å². The van der Waals surface area contributed by atoms with Gasteiger partial charge in [-0.1, -0.05) is 31.2 Å². The third kappa shape index (κ3) is 2.86. The molecule has 0 fully saturated rings. The molecule has 0 saturated carbocycles. The summed E-state index contributed by atoms with van der Waals surface area (Å²) in [6, 6.07) is 8.72. The molecule has 0 radical (unpaired) electrons. The average molecular weight is 232 g/mol. The highest BCUT2D eigenvalue weighted by Gasteiger charge is 2.22. The molecule has 1 amide bonds. The molecule has 2 rings (SSSR count). The van der Waals surface area contributed by atoms with Crippen LogP contribution < -0.4 is 11.1 Å². The Morgan fingerprint density at radius 1 is 1.47 bits per heavy atom. The predicted molar refractivity (Wildman–Crippen MR) is 68.7 cm³/mol. The van der Waals surface area contributed by atoms with Crippen LogP contribution in [0.15, 0.2) is 24.3 Å². The Morgan fingerprint density at radius 2 is 2.18 bits per heavy atom. The first-order chi connectivity index (χ1) is 8.20. The van der Waals surface area contributed by atoms with Gasteiger partial charge in [-0.3, -0.25) is 4.79 Å². The lowest BCUT2D eigenvalue weighted by atomic mass is 9.88. The van der Waals surface area contributed by atoms with Gasteiger partial charge in [0.05, 0.1) is 6.04 Å². The van der Waals surface area contributed by atoms with E-state index >= 15 is 0 Å². The standard InChI is InChI=1S/C14H20N2O/c1-2-13(14(15)17)16-12-8-7-10-5-3-4-6-11(10)9-12/h3-6,12-13,16H,2,7-9H2,1H3,(H2,15,17). The second-order valence-electron chi connectivity index (χ2n) is 4.74. The molecule has 0 aromatic heterocycles. The van der Waals surface area contributed by atoms with Crippen LogP contribution in [0.4, 0.5) is 0 Å². The Balaban J connectivity index is 2.00. The van der Waals surface area contributed by atoms with Crippen molar-refractivity contribution in [3.8, 4) is 0 Å². The molecule has 17 heavy (non-hydrogen) atoms. The molecule has 92 valence electrons. The van der Waals surface area contributed by atoms with Gasteiger partial charge in [0, 0.05) is 6.04 Å². The number of nitrogens with two attached hydrogens (primary N) is 1. The van der Waals surface area contributed by atoms with E-state index in [-0.39, 0.29) is 11.9 Å². The van der Waals surface area contributed by atoms with E-state index in [0.717, 1.165) is 25.7 Å². The van der Waals surface area contributed by atoms with Gasteiger partial charge in [0.25, 0.3) is 0 Å². The Hall–Kier alpha value is -1.35. The molecule has 3 heteroatoms. The Morgan fingerprint density at radius 3 is 2.82 bits per heavy atom. The largest absolute Gasteiger partial charge is 0.368 e. The highest BCUT2D eigenvalue weighted by molar-refractivity contribution is 5.79. The maximum atomic E-state index is 11.2. The Kier molecular flexibility index (Phi) is 3.79. The number of fused-ring (bicyclic) bond motifs is 1. The van der Waals surface area contributed by atoms with E-state index in [1.54, 1.807) is 0 Å². The van der Waals surface area contributed by atoms with Crippen LogP contribution in [0.5, 0.6) is 0 Å². The van der Waals surface area contributed by atoms with Crippen molar-refractivity contribution in [1.29, 1.82) is 0 Å². The van der Waals surface area contributed by atoms with E-state index in [0.29, 0.717) is 6.04 Å². The number of rotatable bonds is 4. The van der Waals surface area contributed by atoms with Gasteiger partial charge in [0.2, 0.25) is 5.91 Å². The zero-order valence-corrected chi connectivity index (χ0v) is 10.3. The molecule has 0 spiro atoms. The first-order valence-electron chi connectivity index (χ1n) is 6.33. The molecule has 2 atom stereocenters. The summed E-state index contributed by atoms with van der Waals surface area (Å²) < 4.78 is 0. The van der Waals surface area contributed by atoms with Crippen LogP contribution in [0.25, 0.3) is 0 Å². The minimum atomic E-state index is -0.244. The summed E-state index contributed by atoms with van der Waals surface area (Å²) in [7, 11) is 0. The zero-order chi connectivity index (χ0) is 12.3. The summed E-state index contributed by atoms with van der Waals surface area (Å²) in [6.45, 7) is 1.99. The van der Waals surface area contributed by atoms with Gasteiger partial charge in [-0.25, -0.2) is 0 Å². The molecule has 1 aromatic rings. The van der Waals surface area contributed by atoms with Crippen LogP contribution in [0, 0.1) is 0 Å². The summed E-state index contributed by atoms with van der Waals surface area (Å²) in [5.74, 6) is -0.244. The molecule has 0 saturated heterocycles. The highest BCUT2D eigenvalue weighted by atomic mass is 16.1. The number of primary amides is 1. The first kappa shape index (κ1) is 12.1. The number of nitrogens with one attached hydrogen (secondary N) is 1. The van der Waals surface area contributed by atoms with Gasteiger partial charge in [-0.05, 0) is 36.8 Å². The summed E-state index contributed by atoms with van der Waals surface area (Å²) in [6.07, 6.45) is 3.93. The molecule has 1 aliphatic rings. The van der Waals surface area contributed by atoms with E-state index < -0.39 is 0 Å². The first-order valence-corrected chi connectivity index (χ1v) is 6.33. The van der Waals surface area contributed by atoms with Crippen molar-refractivity contribution in [1.82, 2.24) is 5.32 Å². The number of hydrogen-bond acceptors (Lipinski definition) is 2. The lowest BCUT2D eigenvalue weighted by molar-refractivity contribution is -0.120. The van der Waals surface area contributed by atoms with Gasteiger partial charge < -0.3 is 11.1 Å². The van der Waals surface area contributed by atoms with Gasteiger partial charge in [0.15, 0.2) is 0 Å². The Labute approximate surface area is 102 Å². The SMILES string of the molecule is CCC(NC1CCc2ccccc2C1)C(N)=O. The molecular formula is C14H20N2O. The van der Waals surface area contributed by atoms with Crippen molar-refractivity contribution >= 4 is 5.91 Å². The van der Waals surface area contributed by atoms with Gasteiger partial charge >= 0.3 is 0 Å². The number of hydrogen-bond donors (Lipinski definition) is 2. The maximum absolute atomic E-state index is 11.2. The maximum Gasteiger partial charge on any atom is 0.234 e. The van der Waals surface area contributed by atoms with Crippen LogP contribution >= 0.6 is 0 Å². The van der Waals surface area contributed by atoms with Crippen LogP contribution in [-0.4, -0.2) is 18.0 Å². The lowest BCUT2D eigenvalue weighted by Crippen LogP contribution is -2.47. The smallest absolute Gasteiger partial charge is 0.234 e. The highest BCUT2D eigenvalue weighted by Crippen LogP contribution is 2.21. The number of aryl methyl sites for hydroxylation is 1. The monoisotopic (exact) mass is 232 g/mol. The molecule has 3 nitrogen and oxygen atoms in total. The summed E-state index contributed by atoms with van der Waals surface area (Å²) in [4.78, 5) is 11.2. The Bertz CT molecular complexity index is 403. The van der Waals surface area contributed by atoms with Gasteiger partial charge in [-0.2, -0.15) is 0 Å². The number of benzene rings is 1. The normalized spacial score (nSPS) is 20.6. The number of carbonyl (C=O) groups excluding carboxylic acids is 1. The van der Waals surface area contributed by atoms with Crippen molar-refractivity contribution in [2.75, 3.05) is 0 Å². The molecule has 1 aromatic carbocycles. The molecule has 3 N–H and O–H groups in total. The fraction of sp³-hybridized carbons (Fsp3) is 0.500. The van der Waals surface area contributed by atoms with Crippen molar-refractivity contribution in [3.63, 3.8) is 0 Å². The molecule has 0 heterocycles. The van der Waals surface area contributed by atoms with Crippen molar-refractivity contribution in [2.45, 2.75) is 44.7 Å². The third-order valence-corrected chi connectivity index (χ3v) is 3.54. The molecular weight excluding hydrogens is 212 g/mol. The van der Waals surface area contributed by atoms with E-state index in [1.807, 2.05) is 6.92 Å². The van der Waals surface area contributed by atoms with Crippen molar-refractivity contribution in [3.05, 3.63) is 35.4 Å². The summed E-state index contributed by atoms with van der Waals surface area (Å²) in [5, 5.41) is 3.37. The molecule has 1 aliphatic carbocycles.